The molecule has 0 aromatic heterocycles. The van der Waals surface area contributed by atoms with Crippen molar-refractivity contribution in [2.75, 3.05) is 12.4 Å². The van der Waals surface area contributed by atoms with Crippen LogP contribution in [0.1, 0.15) is 57.2 Å². The zero-order chi connectivity index (χ0) is 22.8. The van der Waals surface area contributed by atoms with Crippen molar-refractivity contribution in [1.29, 1.82) is 0 Å². The standard InChI is InChI=1S/C26H37N3OS/c1-18-8-13-23(19(2)14-18)27-24(31)29(17-20-9-11-22(30-7)12-10-20)21-15-25(3,4)28-26(5,6)16-21/h8-14,21,28H,15-17H2,1-7H3,(H,27,31). The van der Waals surface area contributed by atoms with E-state index < -0.39 is 0 Å². The third-order valence-corrected chi connectivity index (χ3v) is 6.34. The number of thiocarbonyl (C=S) groups is 1. The highest BCUT2D eigenvalue weighted by Crippen LogP contribution is 2.33. The van der Waals surface area contributed by atoms with Crippen LogP contribution in [0.3, 0.4) is 0 Å². The minimum Gasteiger partial charge on any atom is -0.497 e. The van der Waals surface area contributed by atoms with Crippen molar-refractivity contribution >= 4 is 23.0 Å². The Bertz CT molecular complexity index is 905. The average Bonchev–Trinajstić information content (AvgIpc) is 2.66. The van der Waals surface area contributed by atoms with Gasteiger partial charge in [0.25, 0.3) is 0 Å². The van der Waals surface area contributed by atoms with Crippen molar-refractivity contribution in [1.82, 2.24) is 10.2 Å². The number of ether oxygens (including phenoxy) is 1. The van der Waals surface area contributed by atoms with Crippen molar-refractivity contribution in [3.8, 4) is 5.75 Å². The summed E-state index contributed by atoms with van der Waals surface area (Å²) in [6.07, 6.45) is 2.06. The van der Waals surface area contributed by atoms with Gasteiger partial charge in [-0.1, -0.05) is 29.8 Å². The Morgan fingerprint density at radius 1 is 1.06 bits per heavy atom. The van der Waals surface area contributed by atoms with Crippen LogP contribution in [0.4, 0.5) is 5.69 Å². The maximum Gasteiger partial charge on any atom is 0.173 e. The van der Waals surface area contributed by atoms with Crippen molar-refractivity contribution in [3.63, 3.8) is 0 Å². The fourth-order valence-electron chi connectivity index (χ4n) is 4.92. The van der Waals surface area contributed by atoms with E-state index >= 15 is 0 Å². The fraction of sp³-hybridized carbons (Fsp3) is 0.500. The first-order valence-corrected chi connectivity index (χ1v) is 11.5. The lowest BCUT2D eigenvalue weighted by Gasteiger charge is -2.50. The number of nitrogens with zero attached hydrogens (tertiary/aromatic N) is 1. The third-order valence-electron chi connectivity index (χ3n) is 6.01. The molecule has 0 radical (unpaired) electrons. The molecule has 2 N–H and O–H groups in total. The Kier molecular flexibility index (Phi) is 6.97. The summed E-state index contributed by atoms with van der Waals surface area (Å²) in [7, 11) is 1.70. The molecule has 1 fully saturated rings. The first kappa shape index (κ1) is 23.6. The lowest BCUT2D eigenvalue weighted by atomic mass is 9.79. The highest BCUT2D eigenvalue weighted by atomic mass is 32.1. The summed E-state index contributed by atoms with van der Waals surface area (Å²) in [6.45, 7) is 14.1. The monoisotopic (exact) mass is 439 g/mol. The highest BCUT2D eigenvalue weighted by molar-refractivity contribution is 7.80. The summed E-state index contributed by atoms with van der Waals surface area (Å²) < 4.78 is 5.33. The number of aryl methyl sites for hydroxylation is 2. The molecule has 0 atom stereocenters. The van der Waals surface area contributed by atoms with Gasteiger partial charge in [-0.15, -0.1) is 0 Å². The van der Waals surface area contributed by atoms with E-state index in [1.54, 1.807) is 7.11 Å². The van der Waals surface area contributed by atoms with Gasteiger partial charge >= 0.3 is 0 Å². The lowest BCUT2D eigenvalue weighted by Crippen LogP contribution is -2.63. The molecule has 3 rings (SSSR count). The Morgan fingerprint density at radius 2 is 1.68 bits per heavy atom. The molecule has 1 heterocycles. The van der Waals surface area contributed by atoms with Crippen molar-refractivity contribution in [2.45, 2.75) is 78.0 Å². The number of rotatable bonds is 5. The maximum atomic E-state index is 6.00. The molecule has 1 saturated heterocycles. The van der Waals surface area contributed by atoms with Crippen molar-refractivity contribution in [3.05, 3.63) is 59.2 Å². The minimum absolute atomic E-state index is 0.0416. The summed E-state index contributed by atoms with van der Waals surface area (Å²) >= 11 is 6.00. The highest BCUT2D eigenvalue weighted by Gasteiger charge is 2.40. The summed E-state index contributed by atoms with van der Waals surface area (Å²) in [6, 6.07) is 15.1. The molecule has 1 aliphatic heterocycles. The Labute approximate surface area is 193 Å². The summed E-state index contributed by atoms with van der Waals surface area (Å²) in [4.78, 5) is 2.38. The topological polar surface area (TPSA) is 36.5 Å². The van der Waals surface area contributed by atoms with Crippen molar-refractivity contribution in [2.24, 2.45) is 0 Å². The van der Waals surface area contributed by atoms with Gasteiger partial charge in [-0.25, -0.2) is 0 Å². The molecule has 31 heavy (non-hydrogen) atoms. The number of hydrogen-bond acceptors (Lipinski definition) is 3. The van der Waals surface area contributed by atoms with Crippen LogP contribution in [-0.2, 0) is 6.54 Å². The quantitative estimate of drug-likeness (QED) is 0.574. The molecule has 0 spiro atoms. The maximum absolute atomic E-state index is 6.00. The number of anilines is 1. The molecule has 0 saturated carbocycles. The molecule has 4 nitrogen and oxygen atoms in total. The molecular formula is C26H37N3OS. The molecular weight excluding hydrogens is 402 g/mol. The van der Waals surface area contributed by atoms with Crippen LogP contribution in [-0.4, -0.2) is 34.2 Å². The second-order valence-electron chi connectivity index (χ2n) is 10.2. The molecule has 1 aliphatic rings. The first-order chi connectivity index (χ1) is 14.5. The van der Waals surface area contributed by atoms with E-state index in [4.69, 9.17) is 17.0 Å². The molecule has 0 unspecified atom stereocenters. The largest absolute Gasteiger partial charge is 0.497 e. The van der Waals surface area contributed by atoms with Gasteiger partial charge in [-0.3, -0.25) is 0 Å². The van der Waals surface area contributed by atoms with Gasteiger partial charge in [0.1, 0.15) is 5.75 Å². The molecule has 0 aliphatic carbocycles. The number of nitrogens with one attached hydrogen (secondary N) is 2. The van der Waals surface area contributed by atoms with Gasteiger partial charge in [-0.05, 0) is 95.9 Å². The van der Waals surface area contributed by atoms with Crippen LogP contribution in [0.25, 0.3) is 0 Å². The van der Waals surface area contributed by atoms with E-state index in [0.29, 0.717) is 6.04 Å². The van der Waals surface area contributed by atoms with Crippen molar-refractivity contribution < 1.29 is 4.74 Å². The predicted molar refractivity (Wildman–Crippen MR) is 135 cm³/mol. The summed E-state index contributed by atoms with van der Waals surface area (Å²) in [5.41, 5.74) is 4.84. The second kappa shape index (κ2) is 9.17. The molecule has 168 valence electrons. The predicted octanol–water partition coefficient (Wildman–Crippen LogP) is 5.82. The number of hydrogen-bond donors (Lipinski definition) is 2. The van der Waals surface area contributed by atoms with Crippen LogP contribution >= 0.6 is 12.2 Å². The van der Waals surface area contributed by atoms with E-state index in [1.165, 1.54) is 16.7 Å². The van der Waals surface area contributed by atoms with Gasteiger partial charge in [0.2, 0.25) is 0 Å². The second-order valence-corrected chi connectivity index (χ2v) is 10.6. The number of piperidine rings is 1. The van der Waals surface area contributed by atoms with Gasteiger partial charge in [0, 0.05) is 29.4 Å². The van der Waals surface area contributed by atoms with Crippen LogP contribution < -0.4 is 15.4 Å². The Morgan fingerprint density at radius 3 is 2.23 bits per heavy atom. The zero-order valence-electron chi connectivity index (χ0n) is 20.0. The van der Waals surface area contributed by atoms with E-state index in [0.717, 1.165) is 35.9 Å². The normalized spacial score (nSPS) is 17.8. The van der Waals surface area contributed by atoms with Gasteiger partial charge < -0.3 is 20.3 Å². The van der Waals surface area contributed by atoms with Crippen LogP contribution in [0.5, 0.6) is 5.75 Å². The smallest absolute Gasteiger partial charge is 0.173 e. The van der Waals surface area contributed by atoms with E-state index in [1.807, 2.05) is 12.1 Å². The number of methoxy groups -OCH3 is 1. The van der Waals surface area contributed by atoms with E-state index in [2.05, 4.69) is 87.4 Å². The van der Waals surface area contributed by atoms with E-state index in [-0.39, 0.29) is 11.1 Å². The molecule has 2 aromatic rings. The molecule has 2 aromatic carbocycles. The molecule has 5 heteroatoms. The van der Waals surface area contributed by atoms with Gasteiger partial charge in [0.05, 0.1) is 7.11 Å². The average molecular weight is 440 g/mol. The first-order valence-electron chi connectivity index (χ1n) is 11.1. The fourth-order valence-corrected chi connectivity index (χ4v) is 5.25. The van der Waals surface area contributed by atoms with Crippen LogP contribution in [0.2, 0.25) is 0 Å². The third kappa shape index (κ3) is 6.20. The van der Waals surface area contributed by atoms with Crippen LogP contribution in [0, 0.1) is 13.8 Å². The van der Waals surface area contributed by atoms with Crippen LogP contribution in [0.15, 0.2) is 42.5 Å². The molecule has 0 bridgehead atoms. The van der Waals surface area contributed by atoms with Gasteiger partial charge in [-0.2, -0.15) is 0 Å². The van der Waals surface area contributed by atoms with E-state index in [9.17, 15) is 0 Å². The number of benzene rings is 2. The summed E-state index contributed by atoms with van der Waals surface area (Å²) in [5.74, 6) is 0.871. The van der Waals surface area contributed by atoms with Gasteiger partial charge in [0.15, 0.2) is 5.11 Å². The zero-order valence-corrected chi connectivity index (χ0v) is 20.8. The lowest BCUT2D eigenvalue weighted by molar-refractivity contribution is 0.101. The Balaban J connectivity index is 1.89. The Hall–Kier alpha value is -2.11. The molecule has 0 amide bonds. The SMILES string of the molecule is COc1ccc(CN(C(=S)Nc2ccc(C)cc2C)C2CC(C)(C)NC(C)(C)C2)cc1. The summed E-state index contributed by atoms with van der Waals surface area (Å²) in [5, 5.41) is 8.12. The minimum atomic E-state index is 0.0416.